The molecule has 0 N–H and O–H groups in total. The fraction of sp³-hybridized carbons (Fsp3) is 0.667. The van der Waals surface area contributed by atoms with Gasteiger partial charge in [-0.3, -0.25) is 14.4 Å². The van der Waals surface area contributed by atoms with Crippen molar-refractivity contribution in [1.29, 1.82) is 0 Å². The molecule has 0 heterocycles. The van der Waals surface area contributed by atoms with Crippen LogP contribution in [0.3, 0.4) is 0 Å². The van der Waals surface area contributed by atoms with E-state index in [4.69, 9.17) is 0 Å². The van der Waals surface area contributed by atoms with Crippen molar-refractivity contribution in [2.75, 3.05) is 0 Å². The Kier molecular flexibility index (Phi) is 5.12. The summed E-state index contributed by atoms with van der Waals surface area (Å²) in [7, 11) is 0. The van der Waals surface area contributed by atoms with Gasteiger partial charge in [-0.1, -0.05) is 47.8 Å². The molecule has 6 heteroatoms. The van der Waals surface area contributed by atoms with Crippen LogP contribution in [0.25, 0.3) is 0 Å². The van der Waals surface area contributed by atoms with Crippen LogP contribution >= 0.6 is 47.8 Å². The molecule has 0 aliphatic heterocycles. The Morgan fingerprint density at radius 1 is 0.667 bits per heavy atom. The molecular formula is C9H9Br3O3. The maximum absolute atomic E-state index is 11.5. The number of hydrogen-bond acceptors (Lipinski definition) is 3. The van der Waals surface area contributed by atoms with Crippen LogP contribution in [0, 0.1) is 0 Å². The molecule has 0 saturated heterocycles. The summed E-state index contributed by atoms with van der Waals surface area (Å²) in [6.45, 7) is 0. The number of alkyl halides is 3. The first-order valence-electron chi connectivity index (χ1n) is 4.42. The van der Waals surface area contributed by atoms with Gasteiger partial charge in [-0.2, -0.15) is 0 Å². The van der Waals surface area contributed by atoms with Gasteiger partial charge < -0.3 is 0 Å². The second-order valence-electron chi connectivity index (χ2n) is 3.41. The molecule has 0 radical (unpaired) electrons. The van der Waals surface area contributed by atoms with Gasteiger partial charge in [0.2, 0.25) is 0 Å². The number of Topliss-reactive ketones (excluding diaryl/α,β-unsaturated/α-hetero) is 3. The van der Waals surface area contributed by atoms with Crippen molar-refractivity contribution in [3.63, 3.8) is 0 Å². The van der Waals surface area contributed by atoms with Gasteiger partial charge in [0.25, 0.3) is 0 Å². The molecule has 0 amide bonds. The van der Waals surface area contributed by atoms with E-state index in [-0.39, 0.29) is 36.6 Å². The number of ketones is 3. The van der Waals surface area contributed by atoms with Crippen molar-refractivity contribution < 1.29 is 14.4 Å². The Balaban J connectivity index is 2.86. The van der Waals surface area contributed by atoms with Crippen LogP contribution in [0.1, 0.15) is 19.3 Å². The van der Waals surface area contributed by atoms with Gasteiger partial charge in [-0.25, -0.2) is 0 Å². The highest BCUT2D eigenvalue weighted by Gasteiger charge is 2.31. The minimum absolute atomic E-state index is 0.111. The van der Waals surface area contributed by atoms with Crippen LogP contribution in [-0.2, 0) is 14.4 Å². The van der Waals surface area contributed by atoms with Gasteiger partial charge in [-0.15, -0.1) is 0 Å². The van der Waals surface area contributed by atoms with Crippen molar-refractivity contribution in [3.8, 4) is 0 Å². The van der Waals surface area contributed by atoms with E-state index in [2.05, 4.69) is 47.8 Å². The van der Waals surface area contributed by atoms with Crippen LogP contribution < -0.4 is 0 Å². The zero-order valence-electron chi connectivity index (χ0n) is 7.71. The maximum Gasteiger partial charge on any atom is 0.148 e. The van der Waals surface area contributed by atoms with Gasteiger partial charge in [0.1, 0.15) is 17.3 Å². The van der Waals surface area contributed by atoms with E-state index >= 15 is 0 Å². The number of halogens is 3. The van der Waals surface area contributed by atoms with E-state index < -0.39 is 14.5 Å². The lowest BCUT2D eigenvalue weighted by molar-refractivity contribution is -0.122. The van der Waals surface area contributed by atoms with E-state index in [0.29, 0.717) is 0 Å². The van der Waals surface area contributed by atoms with Gasteiger partial charge in [0.15, 0.2) is 0 Å². The van der Waals surface area contributed by atoms with Crippen molar-refractivity contribution in [1.82, 2.24) is 0 Å². The third kappa shape index (κ3) is 3.75. The number of rotatable bonds is 0. The third-order valence-electron chi connectivity index (χ3n) is 2.19. The fourth-order valence-electron chi connectivity index (χ4n) is 1.26. The summed E-state index contributed by atoms with van der Waals surface area (Å²) >= 11 is 9.50. The van der Waals surface area contributed by atoms with Crippen LogP contribution in [0.5, 0.6) is 0 Å². The number of carbonyl (C=O) groups excluding carboxylic acids is 3. The highest BCUT2D eigenvalue weighted by molar-refractivity contribution is 9.10. The molecule has 0 aromatic heterocycles. The van der Waals surface area contributed by atoms with E-state index in [0.717, 1.165) is 0 Å². The average molecular weight is 405 g/mol. The lowest BCUT2D eigenvalue weighted by Gasteiger charge is -2.07. The van der Waals surface area contributed by atoms with Gasteiger partial charge in [0, 0.05) is 19.3 Å². The topological polar surface area (TPSA) is 51.2 Å². The quantitative estimate of drug-likeness (QED) is 0.581. The Morgan fingerprint density at radius 2 is 0.867 bits per heavy atom. The average Bonchev–Trinajstić information content (AvgIpc) is 2.17. The maximum atomic E-state index is 11.5. The fourth-order valence-corrected chi connectivity index (χ4v) is 2.77. The second-order valence-corrected chi connectivity index (χ2v) is 6.73. The standard InChI is InChI=1S/C9H9Br3O3/c10-4-1-7(13)5(11)2-9(15)6(12)3-8(4)14/h4-6H,1-3H2/t4-,5-,6-/m0/s1. The zero-order chi connectivity index (χ0) is 11.6. The molecule has 3 atom stereocenters. The molecule has 1 aliphatic carbocycles. The van der Waals surface area contributed by atoms with E-state index in [9.17, 15) is 14.4 Å². The summed E-state index contributed by atoms with van der Waals surface area (Å²) in [4.78, 5) is 33.2. The number of carbonyl (C=O) groups is 3. The van der Waals surface area contributed by atoms with Gasteiger partial charge in [-0.05, 0) is 0 Å². The molecule has 0 spiro atoms. The minimum atomic E-state index is -0.476. The molecule has 3 nitrogen and oxygen atoms in total. The molecule has 0 aromatic carbocycles. The van der Waals surface area contributed by atoms with Crippen LogP contribution in [0.15, 0.2) is 0 Å². The first-order chi connectivity index (χ1) is 6.91. The second kappa shape index (κ2) is 5.68. The molecular weight excluding hydrogens is 396 g/mol. The van der Waals surface area contributed by atoms with E-state index in [1.807, 2.05) is 0 Å². The smallest absolute Gasteiger partial charge is 0.148 e. The Labute approximate surface area is 113 Å². The highest BCUT2D eigenvalue weighted by atomic mass is 79.9. The van der Waals surface area contributed by atoms with Crippen molar-refractivity contribution in [2.45, 2.75) is 33.7 Å². The number of hydrogen-bond donors (Lipinski definition) is 0. The Morgan fingerprint density at radius 3 is 1.07 bits per heavy atom. The van der Waals surface area contributed by atoms with Gasteiger partial charge >= 0.3 is 0 Å². The van der Waals surface area contributed by atoms with Crippen LogP contribution in [-0.4, -0.2) is 31.8 Å². The molecule has 1 aliphatic rings. The molecule has 0 bridgehead atoms. The normalized spacial score (nSPS) is 34.6. The summed E-state index contributed by atoms with van der Waals surface area (Å²) < 4.78 is 0. The summed E-state index contributed by atoms with van der Waals surface area (Å²) in [6, 6.07) is 0. The molecule has 1 rings (SSSR count). The summed E-state index contributed by atoms with van der Waals surface area (Å²) in [6.07, 6.45) is 0.422. The molecule has 15 heavy (non-hydrogen) atoms. The van der Waals surface area contributed by atoms with Crippen molar-refractivity contribution in [2.24, 2.45) is 0 Å². The molecule has 0 unspecified atom stereocenters. The lowest BCUT2D eigenvalue weighted by atomic mass is 10.1. The predicted molar refractivity (Wildman–Crippen MR) is 67.0 cm³/mol. The van der Waals surface area contributed by atoms with E-state index in [1.54, 1.807) is 0 Å². The first-order valence-corrected chi connectivity index (χ1v) is 7.17. The molecule has 1 fully saturated rings. The molecule has 1 saturated carbocycles. The van der Waals surface area contributed by atoms with Crippen molar-refractivity contribution >= 4 is 65.1 Å². The first kappa shape index (κ1) is 13.5. The predicted octanol–water partition coefficient (Wildman–Crippen LogP) is 2.17. The van der Waals surface area contributed by atoms with E-state index in [1.165, 1.54) is 0 Å². The lowest BCUT2D eigenvalue weighted by Crippen LogP contribution is -2.21. The summed E-state index contributed by atoms with van der Waals surface area (Å²) in [5.41, 5.74) is 0. The third-order valence-corrected chi connectivity index (χ3v) is 4.69. The Hall–Kier alpha value is 0.450. The zero-order valence-corrected chi connectivity index (χ0v) is 12.5. The molecule has 84 valence electrons. The minimum Gasteiger partial charge on any atom is -0.298 e. The monoisotopic (exact) mass is 402 g/mol. The highest BCUT2D eigenvalue weighted by Crippen LogP contribution is 2.23. The van der Waals surface area contributed by atoms with Crippen LogP contribution in [0.4, 0.5) is 0 Å². The summed E-state index contributed by atoms with van der Waals surface area (Å²) in [5, 5.41) is 0. The largest absolute Gasteiger partial charge is 0.298 e. The SMILES string of the molecule is O=C1C[C@H](Br)C(=O)C[C@H](Br)C(=O)C[C@@H]1Br. The Bertz CT molecular complexity index is 255. The van der Waals surface area contributed by atoms with Crippen LogP contribution in [0.2, 0.25) is 0 Å². The molecule has 0 aromatic rings. The van der Waals surface area contributed by atoms with Gasteiger partial charge in [0.05, 0.1) is 14.5 Å². The summed E-state index contributed by atoms with van der Waals surface area (Å²) in [5.74, 6) is -0.333. The van der Waals surface area contributed by atoms with Crippen molar-refractivity contribution in [3.05, 3.63) is 0 Å².